The predicted molar refractivity (Wildman–Crippen MR) is 119 cm³/mol. The number of nitrogens with zero attached hydrogens (tertiary/aromatic N) is 2. The van der Waals surface area contributed by atoms with Crippen molar-refractivity contribution in [2.24, 2.45) is 0 Å². The highest BCUT2D eigenvalue weighted by molar-refractivity contribution is 7.05. The van der Waals surface area contributed by atoms with Gasteiger partial charge in [-0.05, 0) is 81.2 Å². The summed E-state index contributed by atoms with van der Waals surface area (Å²) in [6, 6.07) is 10.2. The minimum atomic E-state index is -1.09. The van der Waals surface area contributed by atoms with Crippen molar-refractivity contribution < 1.29 is 24.1 Å². The van der Waals surface area contributed by atoms with Crippen LogP contribution in [0.25, 0.3) is 11.4 Å². The van der Waals surface area contributed by atoms with Crippen LogP contribution in [0.5, 0.6) is 17.2 Å². The fourth-order valence-corrected chi connectivity index (χ4v) is 3.43. The van der Waals surface area contributed by atoms with Gasteiger partial charge in [0.2, 0.25) is 0 Å². The number of ether oxygens (including phenoxy) is 3. The maximum Gasteiger partial charge on any atom is 0.349 e. The molecule has 7 nitrogen and oxygen atoms in total. The second kappa shape index (κ2) is 9.53. The Hall–Kier alpha value is -2.84. The molecule has 1 aromatic heterocycles. The molecule has 0 fully saturated rings. The van der Waals surface area contributed by atoms with Gasteiger partial charge in [-0.25, -0.2) is 9.78 Å². The van der Waals surface area contributed by atoms with E-state index < -0.39 is 11.6 Å². The summed E-state index contributed by atoms with van der Waals surface area (Å²) in [5, 5.41) is 10.5. The van der Waals surface area contributed by atoms with Crippen LogP contribution in [-0.4, -0.2) is 32.6 Å². The van der Waals surface area contributed by atoms with Crippen molar-refractivity contribution in [1.82, 2.24) is 9.36 Å². The first kappa shape index (κ1) is 22.8. The molecule has 1 N–H and O–H groups in total. The minimum Gasteiger partial charge on any atom is -0.506 e. The Bertz CT molecular complexity index is 1080. The molecule has 0 amide bonds. The molecule has 0 unspecified atom stereocenters. The topological polar surface area (TPSA) is 90.8 Å². The van der Waals surface area contributed by atoms with Gasteiger partial charge in [0.25, 0.3) is 0 Å². The quantitative estimate of drug-likeness (QED) is 0.461. The van der Waals surface area contributed by atoms with E-state index in [0.29, 0.717) is 34.5 Å². The first-order valence-corrected chi connectivity index (χ1v) is 10.8. The van der Waals surface area contributed by atoms with E-state index in [-0.39, 0.29) is 17.4 Å². The Balaban J connectivity index is 1.64. The number of phenols is 1. The standard InChI is InChI=1S/C22H23ClN2O5S/c1-5-28-21(27)22(3,4)30-18-9-7-15(10-13(18)2)29-12-19-24-20(25-31-19)14-6-8-17(26)16(23)11-14/h6-11,26H,5,12H2,1-4H3. The van der Waals surface area contributed by atoms with Crippen molar-refractivity contribution in [3.63, 3.8) is 0 Å². The molecule has 3 aromatic rings. The molecule has 2 aromatic carbocycles. The number of benzene rings is 2. The molecule has 0 saturated heterocycles. The van der Waals surface area contributed by atoms with Crippen molar-refractivity contribution in [3.8, 4) is 28.6 Å². The lowest BCUT2D eigenvalue weighted by Crippen LogP contribution is -2.39. The smallest absolute Gasteiger partial charge is 0.349 e. The van der Waals surface area contributed by atoms with Gasteiger partial charge in [0, 0.05) is 5.56 Å². The molecule has 0 spiro atoms. The lowest BCUT2D eigenvalue weighted by molar-refractivity contribution is -0.158. The summed E-state index contributed by atoms with van der Waals surface area (Å²) in [6.45, 7) is 7.52. The van der Waals surface area contributed by atoms with Gasteiger partial charge >= 0.3 is 5.97 Å². The number of aromatic hydroxyl groups is 1. The highest BCUT2D eigenvalue weighted by Crippen LogP contribution is 2.30. The van der Waals surface area contributed by atoms with E-state index in [0.717, 1.165) is 5.56 Å². The predicted octanol–water partition coefficient (Wildman–Crippen LogP) is 5.17. The highest BCUT2D eigenvalue weighted by atomic mass is 35.5. The summed E-state index contributed by atoms with van der Waals surface area (Å²) < 4.78 is 21.1. The zero-order valence-corrected chi connectivity index (χ0v) is 19.2. The van der Waals surface area contributed by atoms with Crippen LogP contribution < -0.4 is 9.47 Å². The van der Waals surface area contributed by atoms with Crippen molar-refractivity contribution in [2.45, 2.75) is 39.9 Å². The highest BCUT2D eigenvalue weighted by Gasteiger charge is 2.32. The third-order valence-electron chi connectivity index (χ3n) is 4.31. The second-order valence-electron chi connectivity index (χ2n) is 7.23. The lowest BCUT2D eigenvalue weighted by Gasteiger charge is -2.25. The van der Waals surface area contributed by atoms with Gasteiger partial charge < -0.3 is 19.3 Å². The number of carbonyl (C=O) groups excluding carboxylic acids is 1. The SMILES string of the molecule is CCOC(=O)C(C)(C)Oc1ccc(OCc2nc(-c3ccc(O)c(Cl)c3)ns2)cc1C. The molecule has 0 radical (unpaired) electrons. The third-order valence-corrected chi connectivity index (χ3v) is 5.30. The van der Waals surface area contributed by atoms with Crippen LogP contribution in [0.3, 0.4) is 0 Å². The van der Waals surface area contributed by atoms with Gasteiger partial charge in [-0.2, -0.15) is 4.37 Å². The summed E-state index contributed by atoms with van der Waals surface area (Å²) >= 11 is 7.18. The van der Waals surface area contributed by atoms with Gasteiger partial charge in [0.05, 0.1) is 11.6 Å². The molecule has 9 heteroatoms. The molecular formula is C22H23ClN2O5S. The number of aromatic nitrogens is 2. The van der Waals surface area contributed by atoms with Crippen molar-refractivity contribution >= 4 is 29.1 Å². The summed E-state index contributed by atoms with van der Waals surface area (Å²) in [5.41, 5.74) is 0.446. The van der Waals surface area contributed by atoms with Crippen molar-refractivity contribution in [1.29, 1.82) is 0 Å². The van der Waals surface area contributed by atoms with Gasteiger partial charge in [-0.3, -0.25) is 0 Å². The molecule has 0 aliphatic heterocycles. The lowest BCUT2D eigenvalue weighted by atomic mass is 10.1. The van der Waals surface area contributed by atoms with E-state index in [9.17, 15) is 9.90 Å². The molecule has 3 rings (SSSR count). The molecule has 164 valence electrons. The van der Waals surface area contributed by atoms with Gasteiger partial charge in [-0.1, -0.05) is 11.6 Å². The zero-order chi connectivity index (χ0) is 22.6. The molecule has 31 heavy (non-hydrogen) atoms. The normalized spacial score (nSPS) is 11.3. The molecule has 1 heterocycles. The Morgan fingerprint density at radius 1 is 1.23 bits per heavy atom. The first-order chi connectivity index (χ1) is 14.7. The molecule has 0 aliphatic rings. The number of hydrogen-bond donors (Lipinski definition) is 1. The Labute approximate surface area is 189 Å². The second-order valence-corrected chi connectivity index (χ2v) is 8.47. The Kier molecular flexibility index (Phi) is 7.02. The largest absolute Gasteiger partial charge is 0.506 e. The maximum atomic E-state index is 12.0. The number of aryl methyl sites for hydroxylation is 1. The van der Waals surface area contributed by atoms with Crippen LogP contribution in [0.2, 0.25) is 5.02 Å². The average Bonchev–Trinajstić information content (AvgIpc) is 3.19. The number of hydrogen-bond acceptors (Lipinski definition) is 8. The average molecular weight is 463 g/mol. The van der Waals surface area contributed by atoms with E-state index >= 15 is 0 Å². The van der Waals surface area contributed by atoms with Crippen LogP contribution >= 0.6 is 23.1 Å². The van der Waals surface area contributed by atoms with E-state index in [2.05, 4.69) is 9.36 Å². The number of esters is 1. The summed E-state index contributed by atoms with van der Waals surface area (Å²) in [6.07, 6.45) is 0. The van der Waals surface area contributed by atoms with Crippen molar-refractivity contribution in [2.75, 3.05) is 6.61 Å². The molecule has 0 saturated carbocycles. The van der Waals surface area contributed by atoms with E-state index in [1.807, 2.05) is 13.0 Å². The number of halogens is 1. The number of carbonyl (C=O) groups is 1. The van der Waals surface area contributed by atoms with Crippen LogP contribution in [-0.2, 0) is 16.1 Å². The molecule has 0 aliphatic carbocycles. The van der Waals surface area contributed by atoms with E-state index in [1.54, 1.807) is 45.0 Å². The first-order valence-electron chi connectivity index (χ1n) is 9.60. The summed E-state index contributed by atoms with van der Waals surface area (Å²) in [5.74, 6) is 1.33. The fraction of sp³-hybridized carbons (Fsp3) is 0.318. The molecular weight excluding hydrogens is 440 g/mol. The maximum absolute atomic E-state index is 12.0. The van der Waals surface area contributed by atoms with Crippen LogP contribution in [0, 0.1) is 6.92 Å². The van der Waals surface area contributed by atoms with Crippen LogP contribution in [0.4, 0.5) is 0 Å². The third kappa shape index (κ3) is 5.65. The monoisotopic (exact) mass is 462 g/mol. The van der Waals surface area contributed by atoms with Crippen LogP contribution in [0.1, 0.15) is 31.3 Å². The summed E-state index contributed by atoms with van der Waals surface area (Å²) in [7, 11) is 0. The minimum absolute atomic E-state index is 0.0117. The number of rotatable bonds is 8. The Morgan fingerprint density at radius 3 is 2.68 bits per heavy atom. The molecule has 0 atom stereocenters. The van der Waals surface area contributed by atoms with E-state index in [1.165, 1.54) is 17.6 Å². The van der Waals surface area contributed by atoms with E-state index in [4.69, 9.17) is 25.8 Å². The van der Waals surface area contributed by atoms with Gasteiger partial charge in [0.1, 0.15) is 23.9 Å². The van der Waals surface area contributed by atoms with Gasteiger partial charge in [0.15, 0.2) is 16.4 Å². The van der Waals surface area contributed by atoms with Crippen LogP contribution in [0.15, 0.2) is 36.4 Å². The summed E-state index contributed by atoms with van der Waals surface area (Å²) in [4.78, 5) is 16.5. The fourth-order valence-electron chi connectivity index (χ4n) is 2.67. The van der Waals surface area contributed by atoms with Gasteiger partial charge in [-0.15, -0.1) is 0 Å². The van der Waals surface area contributed by atoms with Crippen molar-refractivity contribution in [3.05, 3.63) is 52.0 Å². The molecule has 0 bridgehead atoms. The number of phenolic OH excluding ortho intramolecular Hbond substituents is 1. The zero-order valence-electron chi connectivity index (χ0n) is 17.6. The Morgan fingerprint density at radius 2 is 2.00 bits per heavy atom.